The molecule has 5 rings (SSSR count). The van der Waals surface area contributed by atoms with E-state index in [9.17, 15) is 4.79 Å². The Morgan fingerprint density at radius 2 is 1.84 bits per heavy atom. The summed E-state index contributed by atoms with van der Waals surface area (Å²) in [6, 6.07) is 15.2. The third kappa shape index (κ3) is 3.11. The SMILES string of the molecule is Cc1ccc2c(c1)C(CCC(=O)N1C(C)CCC1C)(c1ccc(Cl)cc1)n1ccnc1-2. The molecule has 0 N–H and O–H groups in total. The van der Waals surface area contributed by atoms with Crippen LogP contribution in [0.1, 0.15) is 56.2 Å². The maximum absolute atomic E-state index is 13.4. The number of imidazole rings is 1. The first-order chi connectivity index (χ1) is 14.9. The molecule has 4 nitrogen and oxygen atoms in total. The average Bonchev–Trinajstić information content (AvgIpc) is 3.42. The van der Waals surface area contributed by atoms with Gasteiger partial charge in [0, 0.05) is 41.5 Å². The van der Waals surface area contributed by atoms with Gasteiger partial charge in [0.15, 0.2) is 0 Å². The highest BCUT2D eigenvalue weighted by molar-refractivity contribution is 6.30. The molecule has 31 heavy (non-hydrogen) atoms. The van der Waals surface area contributed by atoms with Gasteiger partial charge in [0.25, 0.3) is 0 Å². The van der Waals surface area contributed by atoms with Crippen LogP contribution >= 0.6 is 11.6 Å². The molecule has 1 fully saturated rings. The van der Waals surface area contributed by atoms with Crippen LogP contribution < -0.4 is 0 Å². The molecule has 1 aromatic heterocycles. The maximum atomic E-state index is 13.4. The van der Waals surface area contributed by atoms with Crippen molar-refractivity contribution in [2.24, 2.45) is 0 Å². The Bertz CT molecular complexity index is 1130. The van der Waals surface area contributed by atoms with Crippen LogP contribution in [0.15, 0.2) is 54.9 Å². The van der Waals surface area contributed by atoms with Crippen LogP contribution in [0.2, 0.25) is 5.02 Å². The molecule has 2 aliphatic heterocycles. The molecule has 0 aliphatic carbocycles. The summed E-state index contributed by atoms with van der Waals surface area (Å²) in [5.41, 5.74) is 4.22. The van der Waals surface area contributed by atoms with E-state index in [0.717, 1.165) is 29.8 Å². The average molecular weight is 434 g/mol. The van der Waals surface area contributed by atoms with Crippen LogP contribution in [0.25, 0.3) is 11.4 Å². The lowest BCUT2D eigenvalue weighted by Gasteiger charge is -2.35. The summed E-state index contributed by atoms with van der Waals surface area (Å²) in [4.78, 5) is 20.1. The minimum Gasteiger partial charge on any atom is -0.337 e. The lowest BCUT2D eigenvalue weighted by molar-refractivity contribution is -0.133. The molecule has 1 amide bonds. The number of hydrogen-bond donors (Lipinski definition) is 0. The van der Waals surface area contributed by atoms with Crippen molar-refractivity contribution >= 4 is 17.5 Å². The molecule has 2 aromatic carbocycles. The summed E-state index contributed by atoms with van der Waals surface area (Å²) in [5, 5.41) is 0.711. The number of amides is 1. The highest BCUT2D eigenvalue weighted by atomic mass is 35.5. The smallest absolute Gasteiger partial charge is 0.223 e. The number of aromatic nitrogens is 2. The van der Waals surface area contributed by atoms with Gasteiger partial charge in [-0.3, -0.25) is 4.79 Å². The molecule has 0 bridgehead atoms. The van der Waals surface area contributed by atoms with Gasteiger partial charge < -0.3 is 9.47 Å². The Morgan fingerprint density at radius 1 is 1.13 bits per heavy atom. The van der Waals surface area contributed by atoms with E-state index >= 15 is 0 Å². The molecule has 3 heterocycles. The second kappa shape index (κ2) is 7.52. The first-order valence-electron chi connectivity index (χ1n) is 11.1. The molecule has 0 saturated carbocycles. The van der Waals surface area contributed by atoms with E-state index in [-0.39, 0.29) is 5.91 Å². The number of carbonyl (C=O) groups is 1. The Labute approximate surface area is 188 Å². The van der Waals surface area contributed by atoms with Crippen LogP contribution in [0.4, 0.5) is 0 Å². The molecule has 2 aliphatic rings. The van der Waals surface area contributed by atoms with E-state index in [1.807, 2.05) is 24.5 Å². The third-order valence-corrected chi connectivity index (χ3v) is 7.43. The molecule has 0 radical (unpaired) electrons. The summed E-state index contributed by atoms with van der Waals surface area (Å²) >= 11 is 6.23. The Morgan fingerprint density at radius 3 is 2.55 bits per heavy atom. The van der Waals surface area contributed by atoms with Crippen LogP contribution in [0.3, 0.4) is 0 Å². The first kappa shape index (κ1) is 20.3. The number of benzene rings is 2. The Kier molecular flexibility index (Phi) is 4.93. The van der Waals surface area contributed by atoms with Crippen molar-refractivity contribution in [3.05, 3.63) is 76.6 Å². The van der Waals surface area contributed by atoms with Crippen LogP contribution in [0, 0.1) is 6.92 Å². The number of hydrogen-bond acceptors (Lipinski definition) is 2. The van der Waals surface area contributed by atoms with Gasteiger partial charge in [-0.15, -0.1) is 0 Å². The highest BCUT2D eigenvalue weighted by Crippen LogP contribution is 2.50. The summed E-state index contributed by atoms with van der Waals surface area (Å²) < 4.78 is 2.25. The van der Waals surface area contributed by atoms with Crippen molar-refractivity contribution in [3.63, 3.8) is 0 Å². The minimum atomic E-state index is -0.473. The lowest BCUT2D eigenvalue weighted by atomic mass is 9.78. The molecule has 0 spiro atoms. The molecular weight excluding hydrogens is 406 g/mol. The zero-order valence-corrected chi connectivity index (χ0v) is 19.1. The van der Waals surface area contributed by atoms with Crippen molar-refractivity contribution in [3.8, 4) is 11.4 Å². The van der Waals surface area contributed by atoms with E-state index < -0.39 is 5.54 Å². The van der Waals surface area contributed by atoms with E-state index in [0.29, 0.717) is 29.9 Å². The third-order valence-electron chi connectivity index (χ3n) is 7.18. The number of fused-ring (bicyclic) bond motifs is 3. The first-order valence-corrected chi connectivity index (χ1v) is 11.5. The second-order valence-electron chi connectivity index (χ2n) is 9.11. The monoisotopic (exact) mass is 433 g/mol. The predicted octanol–water partition coefficient (Wildman–Crippen LogP) is 5.80. The van der Waals surface area contributed by atoms with Crippen molar-refractivity contribution in [1.82, 2.24) is 14.5 Å². The molecule has 160 valence electrons. The van der Waals surface area contributed by atoms with Gasteiger partial charge in [0.1, 0.15) is 5.82 Å². The number of nitrogens with zero attached hydrogens (tertiary/aromatic N) is 3. The zero-order chi connectivity index (χ0) is 21.8. The van der Waals surface area contributed by atoms with Gasteiger partial charge >= 0.3 is 0 Å². The summed E-state index contributed by atoms with van der Waals surface area (Å²) in [6.45, 7) is 6.45. The molecular formula is C26H28ClN3O. The van der Waals surface area contributed by atoms with Gasteiger partial charge in [0.2, 0.25) is 5.91 Å². The highest BCUT2D eigenvalue weighted by Gasteiger charge is 2.45. The van der Waals surface area contributed by atoms with Crippen LogP contribution in [0.5, 0.6) is 0 Å². The fourth-order valence-electron chi connectivity index (χ4n) is 5.66. The second-order valence-corrected chi connectivity index (χ2v) is 9.55. The number of halogens is 1. The predicted molar refractivity (Wildman–Crippen MR) is 124 cm³/mol. The largest absolute Gasteiger partial charge is 0.337 e. The molecule has 5 heteroatoms. The zero-order valence-electron chi connectivity index (χ0n) is 18.3. The normalized spacial score (nSPS) is 24.3. The van der Waals surface area contributed by atoms with Crippen molar-refractivity contribution < 1.29 is 4.79 Å². The van der Waals surface area contributed by atoms with Gasteiger partial charge in [-0.2, -0.15) is 0 Å². The number of carbonyl (C=O) groups excluding carboxylic acids is 1. The van der Waals surface area contributed by atoms with E-state index in [1.54, 1.807) is 0 Å². The lowest BCUT2D eigenvalue weighted by Crippen LogP contribution is -2.40. The standard InChI is InChI=1S/C26H28ClN3O/c1-17-4-11-22-23(16-17)26(29-15-14-28-25(22)29,20-7-9-21(27)10-8-20)13-12-24(31)30-18(2)5-6-19(30)3/h4,7-11,14-16,18-19H,5-6,12-13H2,1-3H3. The molecule has 3 aromatic rings. The maximum Gasteiger partial charge on any atom is 0.223 e. The van der Waals surface area contributed by atoms with Crippen LogP contribution in [-0.2, 0) is 10.3 Å². The topological polar surface area (TPSA) is 38.1 Å². The van der Waals surface area contributed by atoms with Crippen molar-refractivity contribution in [2.45, 2.75) is 64.1 Å². The van der Waals surface area contributed by atoms with Gasteiger partial charge in [-0.1, -0.05) is 47.5 Å². The van der Waals surface area contributed by atoms with E-state index in [2.05, 4.69) is 65.6 Å². The number of rotatable bonds is 4. The fourth-order valence-corrected chi connectivity index (χ4v) is 5.78. The van der Waals surface area contributed by atoms with Crippen molar-refractivity contribution in [2.75, 3.05) is 0 Å². The molecule has 3 atom stereocenters. The minimum absolute atomic E-state index is 0.244. The number of likely N-dealkylation sites (tertiary alicyclic amines) is 1. The summed E-state index contributed by atoms with van der Waals surface area (Å²) in [6.07, 6.45) is 7.25. The summed E-state index contributed by atoms with van der Waals surface area (Å²) in [7, 11) is 0. The van der Waals surface area contributed by atoms with E-state index in [1.165, 1.54) is 11.1 Å². The molecule has 3 unspecified atom stereocenters. The van der Waals surface area contributed by atoms with Gasteiger partial charge in [0.05, 0.1) is 5.54 Å². The number of aryl methyl sites for hydroxylation is 1. The summed E-state index contributed by atoms with van der Waals surface area (Å²) in [5.74, 6) is 1.20. The molecule has 1 saturated heterocycles. The van der Waals surface area contributed by atoms with Gasteiger partial charge in [-0.05, 0) is 63.3 Å². The van der Waals surface area contributed by atoms with Crippen molar-refractivity contribution in [1.29, 1.82) is 0 Å². The van der Waals surface area contributed by atoms with Crippen LogP contribution in [-0.4, -0.2) is 32.4 Å². The Hall–Kier alpha value is -2.59. The Balaban J connectivity index is 1.62. The fraction of sp³-hybridized carbons (Fsp3) is 0.385. The van der Waals surface area contributed by atoms with E-state index in [4.69, 9.17) is 11.6 Å². The quantitative estimate of drug-likeness (QED) is 0.521. The van der Waals surface area contributed by atoms with Gasteiger partial charge in [-0.25, -0.2) is 4.98 Å².